The van der Waals surface area contributed by atoms with Crippen molar-refractivity contribution >= 4 is 18.0 Å². The van der Waals surface area contributed by atoms with Gasteiger partial charge in [0.1, 0.15) is 11.3 Å². The summed E-state index contributed by atoms with van der Waals surface area (Å²) < 4.78 is 0. The molecule has 0 aliphatic carbocycles. The quantitative estimate of drug-likeness (QED) is 0.751. The van der Waals surface area contributed by atoms with Crippen LogP contribution in [0, 0.1) is 0 Å². The second kappa shape index (κ2) is 5.04. The lowest BCUT2D eigenvalue weighted by Crippen LogP contribution is -2.23. The molecule has 0 amide bonds. The Hall–Kier alpha value is -3.22. The fourth-order valence-electron chi connectivity index (χ4n) is 1.97. The molecule has 0 bridgehead atoms. The number of benzene rings is 1. The average molecular weight is 282 g/mol. The third-order valence-corrected chi connectivity index (χ3v) is 2.93. The van der Waals surface area contributed by atoms with Crippen LogP contribution >= 0.6 is 0 Å². The van der Waals surface area contributed by atoms with E-state index in [1.165, 1.54) is 12.3 Å². The number of aromatic amines is 2. The number of nitrogens with zero attached hydrogens (tertiary/aromatic N) is 2. The molecule has 0 saturated heterocycles. The molecular weight excluding hydrogens is 272 g/mol. The van der Waals surface area contributed by atoms with Gasteiger partial charge >= 0.3 is 5.69 Å². The monoisotopic (exact) mass is 282 g/mol. The van der Waals surface area contributed by atoms with E-state index >= 15 is 0 Å². The fraction of sp³-hybridized carbons (Fsp3) is 0. The summed E-state index contributed by atoms with van der Waals surface area (Å²) in [6.07, 6.45) is 2.90. The highest BCUT2D eigenvalue weighted by Gasteiger charge is 2.15. The SMILES string of the molecule is O=c1[nH]c(O)c(/C=C2\C=NN=C2c2ccccc2)c(=O)[nH]1. The van der Waals surface area contributed by atoms with Gasteiger partial charge in [0, 0.05) is 11.1 Å². The number of nitrogens with one attached hydrogen (secondary N) is 2. The molecule has 7 heteroatoms. The molecule has 1 aromatic carbocycles. The molecule has 104 valence electrons. The van der Waals surface area contributed by atoms with Crippen molar-refractivity contribution in [2.24, 2.45) is 10.2 Å². The Balaban J connectivity index is 2.09. The third-order valence-electron chi connectivity index (χ3n) is 2.93. The van der Waals surface area contributed by atoms with E-state index in [0.29, 0.717) is 11.3 Å². The van der Waals surface area contributed by atoms with Crippen LogP contribution in [-0.2, 0) is 0 Å². The topological polar surface area (TPSA) is 111 Å². The van der Waals surface area contributed by atoms with E-state index in [2.05, 4.69) is 20.2 Å². The first-order chi connectivity index (χ1) is 10.1. The van der Waals surface area contributed by atoms with Crippen LogP contribution in [0.1, 0.15) is 11.1 Å². The normalized spacial score (nSPS) is 15.4. The maximum Gasteiger partial charge on any atom is 0.328 e. The Kier molecular flexibility index (Phi) is 3.07. The highest BCUT2D eigenvalue weighted by molar-refractivity contribution is 6.28. The molecule has 0 spiro atoms. The van der Waals surface area contributed by atoms with Crippen LogP contribution in [0.5, 0.6) is 5.88 Å². The molecule has 1 aliphatic heterocycles. The molecule has 2 heterocycles. The van der Waals surface area contributed by atoms with Crippen LogP contribution in [0.2, 0.25) is 0 Å². The van der Waals surface area contributed by atoms with E-state index < -0.39 is 17.1 Å². The second-order valence-corrected chi connectivity index (χ2v) is 4.33. The predicted molar refractivity (Wildman–Crippen MR) is 78.8 cm³/mol. The molecule has 1 aromatic heterocycles. The highest BCUT2D eigenvalue weighted by Crippen LogP contribution is 2.17. The van der Waals surface area contributed by atoms with Crippen molar-refractivity contribution in [3.8, 4) is 5.88 Å². The molecular formula is C14H10N4O3. The van der Waals surface area contributed by atoms with Crippen molar-refractivity contribution in [2.75, 3.05) is 0 Å². The number of hydrogen-bond acceptors (Lipinski definition) is 5. The van der Waals surface area contributed by atoms with E-state index in [-0.39, 0.29) is 5.56 Å². The van der Waals surface area contributed by atoms with Gasteiger partial charge in [-0.2, -0.15) is 5.10 Å². The van der Waals surface area contributed by atoms with Gasteiger partial charge in [0.15, 0.2) is 0 Å². The van der Waals surface area contributed by atoms with E-state index in [0.717, 1.165) is 5.56 Å². The van der Waals surface area contributed by atoms with Gasteiger partial charge in [-0.25, -0.2) is 4.79 Å². The molecule has 3 rings (SSSR count). The summed E-state index contributed by atoms with van der Waals surface area (Å²) in [5, 5.41) is 17.5. The Morgan fingerprint density at radius 2 is 1.86 bits per heavy atom. The maximum atomic E-state index is 11.7. The molecule has 21 heavy (non-hydrogen) atoms. The minimum absolute atomic E-state index is 0.0541. The maximum absolute atomic E-state index is 11.7. The van der Waals surface area contributed by atoms with Crippen LogP contribution in [0.15, 0.2) is 55.7 Å². The van der Waals surface area contributed by atoms with Crippen LogP contribution in [0.25, 0.3) is 6.08 Å². The van der Waals surface area contributed by atoms with Gasteiger partial charge in [-0.3, -0.25) is 14.8 Å². The number of rotatable bonds is 2. The fourth-order valence-corrected chi connectivity index (χ4v) is 1.97. The number of allylic oxidation sites excluding steroid dienone is 1. The van der Waals surface area contributed by atoms with Gasteiger partial charge in [-0.15, -0.1) is 5.10 Å². The molecule has 0 radical (unpaired) electrons. The summed E-state index contributed by atoms with van der Waals surface area (Å²) in [7, 11) is 0. The van der Waals surface area contributed by atoms with E-state index in [4.69, 9.17) is 0 Å². The zero-order valence-corrected chi connectivity index (χ0v) is 10.7. The van der Waals surface area contributed by atoms with E-state index in [1.54, 1.807) is 0 Å². The Morgan fingerprint density at radius 3 is 2.57 bits per heavy atom. The molecule has 7 nitrogen and oxygen atoms in total. The lowest BCUT2D eigenvalue weighted by molar-refractivity contribution is 0.447. The minimum atomic E-state index is -0.767. The van der Waals surface area contributed by atoms with Crippen LogP contribution < -0.4 is 11.2 Å². The minimum Gasteiger partial charge on any atom is -0.494 e. The van der Waals surface area contributed by atoms with Crippen molar-refractivity contribution in [1.29, 1.82) is 0 Å². The lowest BCUT2D eigenvalue weighted by Gasteiger charge is -2.02. The van der Waals surface area contributed by atoms with E-state index in [1.807, 2.05) is 30.3 Å². The van der Waals surface area contributed by atoms with Gasteiger partial charge in [0.25, 0.3) is 5.56 Å². The predicted octanol–water partition coefficient (Wildman–Crippen LogP) is 0.641. The Morgan fingerprint density at radius 1 is 1.10 bits per heavy atom. The number of aromatic hydroxyl groups is 1. The Bertz CT molecular complexity index is 888. The van der Waals surface area contributed by atoms with Gasteiger partial charge in [-0.05, 0) is 6.08 Å². The van der Waals surface area contributed by atoms with Crippen molar-refractivity contribution in [3.05, 3.63) is 67.9 Å². The molecule has 0 fully saturated rings. The molecule has 0 unspecified atom stereocenters. The summed E-state index contributed by atoms with van der Waals surface area (Å²) in [5.41, 5.74) is 0.478. The molecule has 0 saturated carbocycles. The Labute approximate surface area is 118 Å². The van der Waals surface area contributed by atoms with E-state index in [9.17, 15) is 14.7 Å². The van der Waals surface area contributed by atoms with Crippen molar-refractivity contribution in [1.82, 2.24) is 9.97 Å². The van der Waals surface area contributed by atoms with Gasteiger partial charge < -0.3 is 5.11 Å². The molecule has 1 aliphatic rings. The summed E-state index contributed by atoms with van der Waals surface area (Å²) in [4.78, 5) is 26.9. The molecule has 0 atom stereocenters. The van der Waals surface area contributed by atoms with Gasteiger partial charge in [0.2, 0.25) is 5.88 Å². The number of hydrogen-bond donors (Lipinski definition) is 3. The standard InChI is InChI=1S/C14H10N4O3/c19-12-10(13(20)17-14(21)16-12)6-9-7-15-18-11(9)8-4-2-1-3-5-8/h1-7H,(H3,16,17,19,20,21)/b9-6+. The lowest BCUT2D eigenvalue weighted by atomic mass is 10.0. The largest absolute Gasteiger partial charge is 0.494 e. The van der Waals surface area contributed by atoms with Gasteiger partial charge in [0.05, 0.1) is 6.21 Å². The highest BCUT2D eigenvalue weighted by atomic mass is 16.3. The summed E-state index contributed by atoms with van der Waals surface area (Å²) >= 11 is 0. The van der Waals surface area contributed by atoms with Gasteiger partial charge in [-0.1, -0.05) is 30.3 Å². The molecule has 2 aromatic rings. The van der Waals surface area contributed by atoms with Crippen molar-refractivity contribution in [3.63, 3.8) is 0 Å². The molecule has 3 N–H and O–H groups in total. The third kappa shape index (κ3) is 2.44. The summed E-state index contributed by atoms with van der Waals surface area (Å²) in [5.74, 6) is -0.496. The zero-order valence-electron chi connectivity index (χ0n) is 10.7. The number of aromatic nitrogens is 2. The summed E-state index contributed by atoms with van der Waals surface area (Å²) in [6, 6.07) is 9.31. The number of H-pyrrole nitrogens is 2. The first-order valence-corrected chi connectivity index (χ1v) is 6.09. The second-order valence-electron chi connectivity index (χ2n) is 4.33. The first-order valence-electron chi connectivity index (χ1n) is 6.09. The summed E-state index contributed by atoms with van der Waals surface area (Å²) in [6.45, 7) is 0. The zero-order chi connectivity index (χ0) is 14.8. The first kappa shape index (κ1) is 12.8. The van der Waals surface area contributed by atoms with Crippen LogP contribution in [-0.4, -0.2) is 27.0 Å². The van der Waals surface area contributed by atoms with Crippen LogP contribution in [0.3, 0.4) is 0 Å². The smallest absolute Gasteiger partial charge is 0.328 e. The van der Waals surface area contributed by atoms with Crippen molar-refractivity contribution < 1.29 is 5.11 Å². The van der Waals surface area contributed by atoms with Crippen molar-refractivity contribution in [2.45, 2.75) is 0 Å². The average Bonchev–Trinajstić information content (AvgIpc) is 2.92. The van der Waals surface area contributed by atoms with Crippen LogP contribution in [0.4, 0.5) is 0 Å².